The second kappa shape index (κ2) is 6.46. The minimum absolute atomic E-state index is 0.784. The van der Waals surface area contributed by atoms with Gasteiger partial charge in [-0.05, 0) is 31.4 Å². The Labute approximate surface area is 92.8 Å². The normalized spacial score (nSPS) is 10.3. The van der Waals surface area contributed by atoms with E-state index in [0.29, 0.717) is 0 Å². The van der Waals surface area contributed by atoms with Crippen LogP contribution in [0.15, 0.2) is 24.3 Å². The van der Waals surface area contributed by atoms with Gasteiger partial charge in [-0.25, -0.2) is 0 Å². The number of para-hydroxylation sites is 1. The van der Waals surface area contributed by atoms with E-state index >= 15 is 0 Å². The zero-order valence-corrected chi connectivity index (χ0v) is 9.99. The molecule has 1 aromatic rings. The number of hydroxylamine groups is 1. The Bertz CT molecular complexity index is 286. The maximum atomic E-state index is 5.70. The van der Waals surface area contributed by atoms with Crippen molar-refractivity contribution in [3.05, 3.63) is 29.8 Å². The van der Waals surface area contributed by atoms with Gasteiger partial charge in [0, 0.05) is 6.54 Å². The highest BCUT2D eigenvalue weighted by atomic mass is 16.7. The third-order valence-electron chi connectivity index (χ3n) is 2.38. The van der Waals surface area contributed by atoms with E-state index in [4.69, 9.17) is 4.84 Å². The van der Waals surface area contributed by atoms with Crippen molar-refractivity contribution in [3.8, 4) is 0 Å². The Kier molecular flexibility index (Phi) is 5.19. The lowest BCUT2D eigenvalue weighted by Crippen LogP contribution is -2.24. The highest BCUT2D eigenvalue weighted by Crippen LogP contribution is 2.20. The fourth-order valence-electron chi connectivity index (χ4n) is 1.59. The van der Waals surface area contributed by atoms with Crippen molar-refractivity contribution >= 4 is 5.69 Å². The summed E-state index contributed by atoms with van der Waals surface area (Å²) in [6, 6.07) is 8.42. The lowest BCUT2D eigenvalue weighted by molar-refractivity contribution is 0.111. The summed E-state index contributed by atoms with van der Waals surface area (Å²) in [6.45, 7) is 8.08. The second-order valence-corrected chi connectivity index (χ2v) is 3.51. The average molecular weight is 207 g/mol. The molecule has 0 aliphatic heterocycles. The number of anilines is 1. The van der Waals surface area contributed by atoms with E-state index in [1.165, 1.54) is 11.3 Å². The molecule has 0 N–H and O–H groups in total. The van der Waals surface area contributed by atoms with Gasteiger partial charge in [0.1, 0.15) is 0 Å². The Balaban J connectivity index is 2.80. The molecule has 0 radical (unpaired) electrons. The van der Waals surface area contributed by atoms with Crippen LogP contribution in [0.2, 0.25) is 0 Å². The number of aryl methyl sites for hydroxylation is 1. The van der Waals surface area contributed by atoms with Crippen LogP contribution < -0.4 is 5.06 Å². The topological polar surface area (TPSA) is 12.5 Å². The molecule has 0 amide bonds. The molecule has 1 aromatic carbocycles. The lowest BCUT2D eigenvalue weighted by Gasteiger charge is -2.24. The summed E-state index contributed by atoms with van der Waals surface area (Å²) >= 11 is 0. The van der Waals surface area contributed by atoms with E-state index in [-0.39, 0.29) is 0 Å². The van der Waals surface area contributed by atoms with Crippen molar-refractivity contribution in [1.82, 2.24) is 0 Å². The molecule has 1 rings (SSSR count). The van der Waals surface area contributed by atoms with Gasteiger partial charge in [-0.2, -0.15) is 0 Å². The second-order valence-electron chi connectivity index (χ2n) is 3.51. The van der Waals surface area contributed by atoms with E-state index in [1.807, 2.05) is 5.06 Å². The first-order valence-corrected chi connectivity index (χ1v) is 5.81. The molecular weight excluding hydrogens is 186 g/mol. The summed E-state index contributed by atoms with van der Waals surface area (Å²) in [5, 5.41) is 1.99. The Morgan fingerprint density at radius 3 is 2.47 bits per heavy atom. The predicted octanol–water partition coefficient (Wildman–Crippen LogP) is 3.42. The number of hydrogen-bond donors (Lipinski definition) is 0. The van der Waals surface area contributed by atoms with Crippen LogP contribution >= 0.6 is 0 Å². The van der Waals surface area contributed by atoms with Crippen molar-refractivity contribution in [2.75, 3.05) is 18.2 Å². The molecule has 15 heavy (non-hydrogen) atoms. The number of hydrogen-bond acceptors (Lipinski definition) is 2. The summed E-state index contributed by atoms with van der Waals surface area (Å²) in [4.78, 5) is 5.70. The first-order valence-electron chi connectivity index (χ1n) is 5.81. The van der Waals surface area contributed by atoms with E-state index in [0.717, 1.165) is 26.0 Å². The highest BCUT2D eigenvalue weighted by molar-refractivity contribution is 5.51. The van der Waals surface area contributed by atoms with Gasteiger partial charge >= 0.3 is 0 Å². The third kappa shape index (κ3) is 3.24. The molecule has 2 heteroatoms. The maximum Gasteiger partial charge on any atom is 0.0746 e. The predicted molar refractivity (Wildman–Crippen MR) is 65.1 cm³/mol. The third-order valence-corrected chi connectivity index (χ3v) is 2.38. The zero-order valence-electron chi connectivity index (χ0n) is 9.99. The molecule has 0 bridgehead atoms. The summed E-state index contributed by atoms with van der Waals surface area (Å²) in [5.41, 5.74) is 2.55. The largest absolute Gasteiger partial charge is 0.273 e. The maximum absolute atomic E-state index is 5.70. The number of rotatable bonds is 6. The van der Waals surface area contributed by atoms with Crippen molar-refractivity contribution in [2.24, 2.45) is 0 Å². The van der Waals surface area contributed by atoms with E-state index in [2.05, 4.69) is 45.0 Å². The van der Waals surface area contributed by atoms with Gasteiger partial charge in [0.15, 0.2) is 0 Å². The molecule has 0 fully saturated rings. The van der Waals surface area contributed by atoms with E-state index < -0.39 is 0 Å². The highest BCUT2D eigenvalue weighted by Gasteiger charge is 2.07. The Hall–Kier alpha value is -1.02. The summed E-state index contributed by atoms with van der Waals surface area (Å²) in [6.07, 6.45) is 2.09. The average Bonchev–Trinajstić information content (AvgIpc) is 2.30. The standard InChI is InChI=1S/C13H21NO/c1-4-11-15-14(6-3)13-10-8-7-9-12(13)5-2/h7-10H,4-6,11H2,1-3H3. The lowest BCUT2D eigenvalue weighted by atomic mass is 10.1. The fraction of sp³-hybridized carbons (Fsp3) is 0.538. The number of nitrogens with zero attached hydrogens (tertiary/aromatic N) is 1. The van der Waals surface area contributed by atoms with Crippen LogP contribution in [-0.2, 0) is 11.3 Å². The molecule has 0 unspecified atom stereocenters. The van der Waals surface area contributed by atoms with Crippen molar-refractivity contribution in [3.63, 3.8) is 0 Å². The van der Waals surface area contributed by atoms with Gasteiger partial charge in [0.05, 0.1) is 12.3 Å². The van der Waals surface area contributed by atoms with Crippen LogP contribution in [0, 0.1) is 0 Å². The molecule has 0 aromatic heterocycles. The molecule has 0 saturated heterocycles. The molecule has 84 valence electrons. The number of benzene rings is 1. The van der Waals surface area contributed by atoms with Gasteiger partial charge < -0.3 is 0 Å². The molecule has 2 nitrogen and oxygen atoms in total. The van der Waals surface area contributed by atoms with Gasteiger partial charge in [0.25, 0.3) is 0 Å². The van der Waals surface area contributed by atoms with Crippen LogP contribution in [0.4, 0.5) is 5.69 Å². The molecule has 0 aliphatic rings. The first kappa shape index (κ1) is 12.1. The van der Waals surface area contributed by atoms with E-state index in [1.54, 1.807) is 0 Å². The fourth-order valence-corrected chi connectivity index (χ4v) is 1.59. The van der Waals surface area contributed by atoms with Crippen LogP contribution in [0.5, 0.6) is 0 Å². The Morgan fingerprint density at radius 2 is 1.87 bits per heavy atom. The monoisotopic (exact) mass is 207 g/mol. The van der Waals surface area contributed by atoms with Crippen LogP contribution in [-0.4, -0.2) is 13.2 Å². The molecule has 0 aliphatic carbocycles. The summed E-state index contributed by atoms with van der Waals surface area (Å²) in [7, 11) is 0. The molecule has 0 saturated carbocycles. The first-order chi connectivity index (χ1) is 7.33. The van der Waals surface area contributed by atoms with Crippen molar-refractivity contribution < 1.29 is 4.84 Å². The summed E-state index contributed by atoms with van der Waals surface area (Å²) in [5.74, 6) is 0. The van der Waals surface area contributed by atoms with Gasteiger partial charge in [-0.15, -0.1) is 0 Å². The molecular formula is C13H21NO. The minimum Gasteiger partial charge on any atom is -0.273 e. The summed E-state index contributed by atoms with van der Waals surface area (Å²) < 4.78 is 0. The quantitative estimate of drug-likeness (QED) is 0.663. The minimum atomic E-state index is 0.784. The molecule has 0 heterocycles. The van der Waals surface area contributed by atoms with Gasteiger partial charge in [0.2, 0.25) is 0 Å². The van der Waals surface area contributed by atoms with Gasteiger partial charge in [-0.1, -0.05) is 32.0 Å². The van der Waals surface area contributed by atoms with Crippen molar-refractivity contribution in [1.29, 1.82) is 0 Å². The van der Waals surface area contributed by atoms with Crippen LogP contribution in [0.25, 0.3) is 0 Å². The van der Waals surface area contributed by atoms with Gasteiger partial charge in [-0.3, -0.25) is 9.90 Å². The smallest absolute Gasteiger partial charge is 0.0746 e. The van der Waals surface area contributed by atoms with Crippen LogP contribution in [0.1, 0.15) is 32.8 Å². The Morgan fingerprint density at radius 1 is 1.13 bits per heavy atom. The SMILES string of the molecule is CCCON(CC)c1ccccc1CC. The molecule has 0 atom stereocenters. The molecule has 0 spiro atoms. The van der Waals surface area contributed by atoms with E-state index in [9.17, 15) is 0 Å². The van der Waals surface area contributed by atoms with Crippen molar-refractivity contribution in [2.45, 2.75) is 33.6 Å². The zero-order chi connectivity index (χ0) is 11.1. The van der Waals surface area contributed by atoms with Crippen LogP contribution in [0.3, 0.4) is 0 Å².